The summed E-state index contributed by atoms with van der Waals surface area (Å²) < 4.78 is 0. The summed E-state index contributed by atoms with van der Waals surface area (Å²) in [5.74, 6) is -5.95. The van der Waals surface area contributed by atoms with Crippen molar-refractivity contribution >= 4 is 64.4 Å². The third-order valence-corrected chi connectivity index (χ3v) is 20.7. The maximum atomic E-state index is 14.8. The first-order valence-electron chi connectivity index (χ1n) is 26.5. The molecule has 10 fully saturated rings. The number of Topliss-reactive ketones (excluding diaryl/α,β-unsaturated/α-hetero) is 1. The Kier molecular flexibility index (Phi) is 11.5. The van der Waals surface area contributed by atoms with Gasteiger partial charge in [0.2, 0.25) is 47.3 Å². The smallest absolute Gasteiger partial charge is 0.238 e. The molecule has 4 aromatic rings. The van der Waals surface area contributed by atoms with E-state index in [0.717, 1.165) is 69.5 Å². The zero-order valence-electron chi connectivity index (χ0n) is 43.1. The van der Waals surface area contributed by atoms with Crippen molar-refractivity contribution in [3.8, 4) is 22.3 Å². The molecule has 10 aliphatic rings. The van der Waals surface area contributed by atoms with Crippen LogP contribution in [0.4, 0.5) is 11.4 Å². The van der Waals surface area contributed by atoms with Crippen LogP contribution in [-0.4, -0.2) is 76.9 Å². The summed E-state index contributed by atoms with van der Waals surface area (Å²) in [4.78, 5) is 125. The molecule has 6 saturated carbocycles. The molecule has 4 aliphatic heterocycles. The summed E-state index contributed by atoms with van der Waals surface area (Å²) in [7, 11) is 3.00. The lowest BCUT2D eigenvalue weighted by atomic mass is 9.58. The summed E-state index contributed by atoms with van der Waals surface area (Å²) in [6.45, 7) is 12.3. The van der Waals surface area contributed by atoms with E-state index < -0.39 is 40.4 Å². The fraction of sp³-hybridized carbons (Fsp3) is 0.476. The molecule has 8 amide bonds. The van der Waals surface area contributed by atoms with Crippen molar-refractivity contribution in [3.63, 3.8) is 0 Å². The Bertz CT molecular complexity index is 3320. The van der Waals surface area contributed by atoms with Crippen LogP contribution in [0.15, 0.2) is 72.8 Å². The Hall–Kier alpha value is -6.89. The van der Waals surface area contributed by atoms with E-state index in [0.29, 0.717) is 24.2 Å². The summed E-state index contributed by atoms with van der Waals surface area (Å²) in [6, 6.07) is 24.1. The number of imide groups is 4. The molecule has 394 valence electrons. The van der Waals surface area contributed by atoms with Gasteiger partial charge in [0.15, 0.2) is 0 Å². The maximum absolute atomic E-state index is 14.8. The van der Waals surface area contributed by atoms with Gasteiger partial charge in [0.05, 0.1) is 58.7 Å². The van der Waals surface area contributed by atoms with Gasteiger partial charge in [-0.2, -0.15) is 0 Å². The van der Waals surface area contributed by atoms with Crippen LogP contribution in [0.5, 0.6) is 0 Å². The van der Waals surface area contributed by atoms with Gasteiger partial charge in [0.25, 0.3) is 0 Å². The number of ketones is 1. The number of aryl methyl sites for hydroxylation is 6. The first-order valence-corrected chi connectivity index (χ1v) is 26.5. The number of amides is 8. The molecular weight excluding hydrogens is 957 g/mol. The molecule has 4 heterocycles. The van der Waals surface area contributed by atoms with Gasteiger partial charge in [-0.05, 0) is 173 Å². The molecule has 6 aliphatic carbocycles. The van der Waals surface area contributed by atoms with Gasteiger partial charge in [-0.15, -0.1) is 0 Å². The van der Waals surface area contributed by atoms with E-state index in [1.165, 1.54) is 38.4 Å². The topological polar surface area (TPSA) is 167 Å². The Morgan fingerprint density at radius 2 is 0.684 bits per heavy atom. The molecule has 76 heavy (non-hydrogen) atoms. The van der Waals surface area contributed by atoms with Crippen LogP contribution >= 0.6 is 0 Å². The molecule has 14 atom stereocenters. The number of rotatable bonds is 4. The Labute approximate surface area is 444 Å². The van der Waals surface area contributed by atoms with Crippen LogP contribution in [0.25, 0.3) is 22.3 Å². The molecule has 4 saturated heterocycles. The zero-order valence-corrected chi connectivity index (χ0v) is 43.1. The summed E-state index contributed by atoms with van der Waals surface area (Å²) in [6.07, 6.45) is 4.39. The van der Waals surface area contributed by atoms with Crippen molar-refractivity contribution < 1.29 is 43.2 Å². The second-order valence-electron chi connectivity index (χ2n) is 24.1. The molecule has 13 nitrogen and oxygen atoms in total. The molecule has 2 spiro atoms. The quantitative estimate of drug-likeness (QED) is 0.181. The first kappa shape index (κ1) is 51.2. The minimum Gasteiger partial charge on any atom is -0.298 e. The highest BCUT2D eigenvalue weighted by Gasteiger charge is 2.79. The monoisotopic (exact) mass is 1020 g/mol. The highest BCUT2D eigenvalue weighted by Crippen LogP contribution is 2.76. The Morgan fingerprint density at radius 1 is 0.382 bits per heavy atom. The fourth-order valence-electron chi connectivity index (χ4n) is 17.6. The van der Waals surface area contributed by atoms with Crippen LogP contribution in [0.3, 0.4) is 0 Å². The van der Waals surface area contributed by atoms with E-state index in [4.69, 9.17) is 0 Å². The van der Waals surface area contributed by atoms with Gasteiger partial charge in [0.1, 0.15) is 5.78 Å². The van der Waals surface area contributed by atoms with Crippen LogP contribution in [-0.2, 0) is 43.2 Å². The van der Waals surface area contributed by atoms with Gasteiger partial charge in [-0.25, -0.2) is 0 Å². The number of benzene rings is 4. The molecular formula is C63H68N4O9. The molecule has 14 rings (SSSR count). The van der Waals surface area contributed by atoms with Gasteiger partial charge < -0.3 is 0 Å². The SMILES string of the molecule is C.C.Cc1ccc(-c2ccc(N3C(=O)C4C5C(=O)N(C)C(=O)C5C4C3=O)cc2C)c(C)c1.Cc1ccc(-c2ccc(N3C(=O)C4C5CC(C4C3=O)C3(CCC4(CC6CC4C4C(=O)N(C)C(=O)C64)C3=O)C5)cc2C)c(C)c1. The van der Waals surface area contributed by atoms with E-state index in [9.17, 15) is 43.2 Å². The highest BCUT2D eigenvalue weighted by molar-refractivity contribution is 6.28. The van der Waals surface area contributed by atoms with Gasteiger partial charge in [-0.1, -0.05) is 74.5 Å². The standard InChI is InChI=1S/C37H38N2O5.C24H22N2O4.2CH4/c1-17-5-7-23(18(2)11-17)24-8-6-22(12-19(24)3)39-33(42)28-21-14-26(30(28)34(39)43)37(16-21)10-9-36(35(37)44)15-20-13-25(36)29-27(20)31(40)38(4)32(29)41;1-11-5-7-15(12(2)9-11)16-8-6-14(10-13(16)3)26-23(29)19-17-18(20(19)24(26)30)22(28)25(4)21(17)27;;/h5-8,11-12,20-21,25-30H,9-10,13-16H2,1-4H3;5-10,17-20H,1-4H3;2*1H4. The number of carbonyl (C=O) groups excluding carboxylic acids is 9. The van der Waals surface area contributed by atoms with E-state index in [-0.39, 0.29) is 109 Å². The lowest BCUT2D eigenvalue weighted by molar-refractivity contribution is -0.146. The van der Waals surface area contributed by atoms with Crippen molar-refractivity contribution in [2.45, 2.75) is 94.9 Å². The highest BCUT2D eigenvalue weighted by atomic mass is 16.2. The number of likely N-dealkylation sites (tertiary alicyclic amines) is 2. The molecule has 0 radical (unpaired) electrons. The third-order valence-electron chi connectivity index (χ3n) is 20.7. The lowest BCUT2D eigenvalue weighted by Gasteiger charge is -2.42. The predicted molar refractivity (Wildman–Crippen MR) is 286 cm³/mol. The number of fused-ring (bicyclic) bond motifs is 16. The first-order chi connectivity index (χ1) is 35.2. The number of anilines is 2. The third kappa shape index (κ3) is 6.40. The largest absolute Gasteiger partial charge is 0.298 e. The lowest BCUT2D eigenvalue weighted by Crippen LogP contribution is -2.50. The van der Waals surface area contributed by atoms with Gasteiger partial charge in [-0.3, -0.25) is 62.8 Å². The molecule has 4 aromatic carbocycles. The second-order valence-corrected chi connectivity index (χ2v) is 24.1. The molecule has 13 heteroatoms. The number of carbonyl (C=O) groups is 9. The summed E-state index contributed by atoms with van der Waals surface area (Å²) in [5.41, 5.74) is 11.1. The molecule has 14 unspecified atom stereocenters. The normalized spacial score (nSPS) is 34.8. The van der Waals surface area contributed by atoms with Crippen LogP contribution in [0, 0.1) is 123 Å². The Morgan fingerprint density at radius 3 is 1.08 bits per heavy atom. The second kappa shape index (κ2) is 17.1. The summed E-state index contributed by atoms with van der Waals surface area (Å²) in [5, 5.41) is 0. The number of hydrogen-bond acceptors (Lipinski definition) is 9. The predicted octanol–water partition coefficient (Wildman–Crippen LogP) is 8.93. The van der Waals surface area contributed by atoms with Crippen LogP contribution < -0.4 is 9.80 Å². The minimum absolute atomic E-state index is 0. The fourth-order valence-corrected chi connectivity index (χ4v) is 17.6. The van der Waals surface area contributed by atoms with E-state index in [1.807, 2.05) is 51.1 Å². The average molecular weight is 1030 g/mol. The van der Waals surface area contributed by atoms with Crippen molar-refractivity contribution in [1.29, 1.82) is 0 Å². The minimum atomic E-state index is -0.719. The van der Waals surface area contributed by atoms with Crippen LogP contribution in [0.2, 0.25) is 0 Å². The average Bonchev–Trinajstić information content (AvgIpc) is 4.33. The van der Waals surface area contributed by atoms with Crippen molar-refractivity contribution in [2.24, 2.45) is 81.8 Å². The van der Waals surface area contributed by atoms with E-state index in [2.05, 4.69) is 57.2 Å². The molecule has 4 bridgehead atoms. The summed E-state index contributed by atoms with van der Waals surface area (Å²) >= 11 is 0. The van der Waals surface area contributed by atoms with Gasteiger partial charge >= 0.3 is 0 Å². The van der Waals surface area contributed by atoms with E-state index in [1.54, 1.807) is 13.1 Å². The number of nitrogens with zero attached hydrogens (tertiary/aromatic N) is 4. The molecule has 0 N–H and O–H groups in total. The molecule has 0 aromatic heterocycles. The Balaban J connectivity index is 0.000000169. The van der Waals surface area contributed by atoms with Crippen molar-refractivity contribution in [1.82, 2.24) is 9.80 Å². The number of hydrogen-bond donors (Lipinski definition) is 0. The maximum Gasteiger partial charge on any atom is 0.238 e. The zero-order chi connectivity index (χ0) is 52.1. The van der Waals surface area contributed by atoms with Crippen molar-refractivity contribution in [3.05, 3.63) is 106 Å². The van der Waals surface area contributed by atoms with E-state index >= 15 is 0 Å². The van der Waals surface area contributed by atoms with Crippen molar-refractivity contribution in [2.75, 3.05) is 23.9 Å². The van der Waals surface area contributed by atoms with Gasteiger partial charge in [0, 0.05) is 24.9 Å². The van der Waals surface area contributed by atoms with Crippen LogP contribution in [0.1, 0.15) is 86.8 Å².